The molecule has 0 fully saturated rings. The molecule has 0 radical (unpaired) electrons. The normalized spacial score (nSPS) is 10.4. The fourth-order valence-corrected chi connectivity index (χ4v) is 1.97. The van der Waals surface area contributed by atoms with Crippen LogP contribution in [0.4, 0.5) is 5.82 Å². The fraction of sp³-hybridized carbons (Fsp3) is 0.333. The van der Waals surface area contributed by atoms with Crippen LogP contribution in [0.25, 0.3) is 0 Å². The van der Waals surface area contributed by atoms with E-state index >= 15 is 0 Å². The maximum atomic E-state index is 5.55. The Morgan fingerprint density at radius 2 is 1.95 bits per heavy atom. The highest BCUT2D eigenvalue weighted by Crippen LogP contribution is 2.14. The number of rotatable bonds is 6. The zero-order valence-corrected chi connectivity index (χ0v) is 11.3. The minimum Gasteiger partial charge on any atom is -0.352 e. The van der Waals surface area contributed by atoms with Gasteiger partial charge in [0.1, 0.15) is 11.6 Å². The monoisotopic (exact) mass is 256 g/mol. The van der Waals surface area contributed by atoms with Gasteiger partial charge >= 0.3 is 0 Å². The highest BCUT2D eigenvalue weighted by Gasteiger charge is 2.07. The molecule has 2 N–H and O–H groups in total. The van der Waals surface area contributed by atoms with E-state index < -0.39 is 0 Å². The van der Waals surface area contributed by atoms with E-state index in [4.69, 9.17) is 5.73 Å². The SMILES string of the molecule is CCN(Cc1ccccc1)c1ccnc(CCN)n1. The lowest BCUT2D eigenvalue weighted by Gasteiger charge is -2.22. The van der Waals surface area contributed by atoms with Crippen molar-refractivity contribution in [3.8, 4) is 0 Å². The second kappa shape index (κ2) is 6.85. The topological polar surface area (TPSA) is 55.0 Å². The average molecular weight is 256 g/mol. The first-order chi connectivity index (χ1) is 9.33. The molecule has 0 aliphatic carbocycles. The molecule has 4 heteroatoms. The van der Waals surface area contributed by atoms with E-state index in [1.807, 2.05) is 12.1 Å². The summed E-state index contributed by atoms with van der Waals surface area (Å²) in [6, 6.07) is 12.4. The first kappa shape index (κ1) is 13.5. The van der Waals surface area contributed by atoms with Gasteiger partial charge < -0.3 is 10.6 Å². The molecule has 1 heterocycles. The van der Waals surface area contributed by atoms with Gasteiger partial charge in [-0.3, -0.25) is 0 Å². The van der Waals surface area contributed by atoms with Gasteiger partial charge in [0.15, 0.2) is 0 Å². The highest BCUT2D eigenvalue weighted by molar-refractivity contribution is 5.38. The molecule has 0 bridgehead atoms. The standard InChI is InChI=1S/C15H20N4/c1-2-19(12-13-6-4-3-5-7-13)15-9-11-17-14(18-15)8-10-16/h3-7,9,11H,2,8,10,12,16H2,1H3. The van der Waals surface area contributed by atoms with Crippen LogP contribution in [0.2, 0.25) is 0 Å². The maximum Gasteiger partial charge on any atom is 0.132 e. The van der Waals surface area contributed by atoms with Gasteiger partial charge in [-0.1, -0.05) is 30.3 Å². The quantitative estimate of drug-likeness (QED) is 0.859. The minimum atomic E-state index is 0.578. The maximum absolute atomic E-state index is 5.55. The average Bonchev–Trinajstić information content (AvgIpc) is 2.46. The van der Waals surface area contributed by atoms with Crippen molar-refractivity contribution in [1.82, 2.24) is 9.97 Å². The molecule has 0 saturated carbocycles. The summed E-state index contributed by atoms with van der Waals surface area (Å²) >= 11 is 0. The highest BCUT2D eigenvalue weighted by atomic mass is 15.2. The first-order valence-corrected chi connectivity index (χ1v) is 6.64. The second-order valence-corrected chi connectivity index (χ2v) is 4.37. The van der Waals surface area contributed by atoms with Crippen molar-refractivity contribution in [3.05, 3.63) is 54.0 Å². The molecule has 0 spiro atoms. The number of hydrogen-bond donors (Lipinski definition) is 1. The van der Waals surface area contributed by atoms with Gasteiger partial charge in [-0.05, 0) is 25.1 Å². The molecule has 0 atom stereocenters. The Balaban J connectivity index is 2.15. The number of nitrogens with zero attached hydrogens (tertiary/aromatic N) is 3. The Hall–Kier alpha value is -1.94. The van der Waals surface area contributed by atoms with Crippen LogP contribution in [0.5, 0.6) is 0 Å². The summed E-state index contributed by atoms with van der Waals surface area (Å²) in [5.74, 6) is 1.77. The number of hydrogen-bond acceptors (Lipinski definition) is 4. The van der Waals surface area contributed by atoms with Crippen molar-refractivity contribution in [1.29, 1.82) is 0 Å². The summed E-state index contributed by atoms with van der Waals surface area (Å²) in [7, 11) is 0. The molecule has 2 aromatic rings. The Bertz CT molecular complexity index is 499. The fourth-order valence-electron chi connectivity index (χ4n) is 1.97. The Morgan fingerprint density at radius 3 is 2.63 bits per heavy atom. The molecule has 0 aliphatic rings. The van der Waals surface area contributed by atoms with Crippen LogP contribution >= 0.6 is 0 Å². The number of benzene rings is 1. The van der Waals surface area contributed by atoms with E-state index in [0.29, 0.717) is 6.54 Å². The predicted molar refractivity (Wildman–Crippen MR) is 78.0 cm³/mol. The third-order valence-corrected chi connectivity index (χ3v) is 2.98. The van der Waals surface area contributed by atoms with Crippen molar-refractivity contribution < 1.29 is 0 Å². The summed E-state index contributed by atoms with van der Waals surface area (Å²) in [4.78, 5) is 11.0. The molecule has 100 valence electrons. The van der Waals surface area contributed by atoms with Crippen LogP contribution in [0.3, 0.4) is 0 Å². The summed E-state index contributed by atoms with van der Waals surface area (Å²) in [6.45, 7) is 4.48. The smallest absolute Gasteiger partial charge is 0.132 e. The summed E-state index contributed by atoms with van der Waals surface area (Å²) in [6.07, 6.45) is 2.53. The van der Waals surface area contributed by atoms with Crippen molar-refractivity contribution >= 4 is 5.82 Å². The van der Waals surface area contributed by atoms with E-state index in [-0.39, 0.29) is 0 Å². The van der Waals surface area contributed by atoms with Crippen LogP contribution in [-0.4, -0.2) is 23.1 Å². The molecule has 1 aromatic carbocycles. The van der Waals surface area contributed by atoms with Gasteiger partial charge in [-0.15, -0.1) is 0 Å². The van der Waals surface area contributed by atoms with Gasteiger partial charge in [0.2, 0.25) is 0 Å². The number of nitrogens with two attached hydrogens (primary N) is 1. The van der Waals surface area contributed by atoms with E-state index in [0.717, 1.165) is 31.2 Å². The molecule has 1 aromatic heterocycles. The van der Waals surface area contributed by atoms with Crippen molar-refractivity contribution in [2.24, 2.45) is 5.73 Å². The van der Waals surface area contributed by atoms with Gasteiger partial charge in [0.05, 0.1) is 0 Å². The van der Waals surface area contributed by atoms with E-state index in [9.17, 15) is 0 Å². The van der Waals surface area contributed by atoms with Gasteiger partial charge in [-0.25, -0.2) is 9.97 Å². The molecule has 0 amide bonds. The molecule has 19 heavy (non-hydrogen) atoms. The lowest BCUT2D eigenvalue weighted by Crippen LogP contribution is -2.23. The Labute approximate surface area is 114 Å². The van der Waals surface area contributed by atoms with Crippen molar-refractivity contribution in [3.63, 3.8) is 0 Å². The Morgan fingerprint density at radius 1 is 1.16 bits per heavy atom. The summed E-state index contributed by atoms with van der Waals surface area (Å²) in [5, 5.41) is 0. The molecular weight excluding hydrogens is 236 g/mol. The molecule has 0 unspecified atom stereocenters. The lowest BCUT2D eigenvalue weighted by molar-refractivity contribution is 0.788. The van der Waals surface area contributed by atoms with Gasteiger partial charge in [-0.2, -0.15) is 0 Å². The Kier molecular flexibility index (Phi) is 4.86. The van der Waals surface area contributed by atoms with Crippen molar-refractivity contribution in [2.75, 3.05) is 18.0 Å². The van der Waals surface area contributed by atoms with Gasteiger partial charge in [0.25, 0.3) is 0 Å². The van der Waals surface area contributed by atoms with Crippen molar-refractivity contribution in [2.45, 2.75) is 19.9 Å². The lowest BCUT2D eigenvalue weighted by atomic mass is 10.2. The molecule has 0 aliphatic heterocycles. The van der Waals surface area contributed by atoms with Crippen LogP contribution in [0.1, 0.15) is 18.3 Å². The summed E-state index contributed by atoms with van der Waals surface area (Å²) < 4.78 is 0. The van der Waals surface area contributed by atoms with E-state index in [1.54, 1.807) is 6.20 Å². The second-order valence-electron chi connectivity index (χ2n) is 4.37. The number of anilines is 1. The van der Waals surface area contributed by atoms with Gasteiger partial charge in [0, 0.05) is 25.7 Å². The minimum absolute atomic E-state index is 0.578. The number of aromatic nitrogens is 2. The predicted octanol–water partition coefficient (Wildman–Crippen LogP) is 2.00. The summed E-state index contributed by atoms with van der Waals surface area (Å²) in [5.41, 5.74) is 6.83. The zero-order valence-electron chi connectivity index (χ0n) is 11.3. The zero-order chi connectivity index (χ0) is 13.5. The van der Waals surface area contributed by atoms with Crippen LogP contribution in [0, 0.1) is 0 Å². The van der Waals surface area contributed by atoms with E-state index in [1.165, 1.54) is 5.56 Å². The molecular formula is C15H20N4. The van der Waals surface area contributed by atoms with Crippen LogP contribution < -0.4 is 10.6 Å². The third-order valence-electron chi connectivity index (χ3n) is 2.98. The third kappa shape index (κ3) is 3.76. The van der Waals surface area contributed by atoms with Crippen LogP contribution in [-0.2, 0) is 13.0 Å². The van der Waals surface area contributed by atoms with E-state index in [2.05, 4.69) is 46.1 Å². The molecule has 2 rings (SSSR count). The first-order valence-electron chi connectivity index (χ1n) is 6.64. The largest absolute Gasteiger partial charge is 0.352 e. The molecule has 4 nitrogen and oxygen atoms in total. The molecule has 0 saturated heterocycles. The van der Waals surface area contributed by atoms with Crippen LogP contribution in [0.15, 0.2) is 42.6 Å².